The Kier molecular flexibility index (Phi) is 3.75. The first kappa shape index (κ1) is 14.8. The van der Waals surface area contributed by atoms with Gasteiger partial charge in [0.1, 0.15) is 0 Å². The van der Waals surface area contributed by atoms with Crippen molar-refractivity contribution in [2.75, 3.05) is 18.5 Å². The van der Waals surface area contributed by atoms with Crippen LogP contribution in [0.4, 0.5) is 5.69 Å². The smallest absolute Gasteiger partial charge is 0.255 e. The van der Waals surface area contributed by atoms with Crippen LogP contribution in [0.3, 0.4) is 0 Å². The lowest BCUT2D eigenvalue weighted by molar-refractivity contribution is -0.0500. The van der Waals surface area contributed by atoms with Gasteiger partial charge in [0.05, 0.1) is 13.2 Å². The maximum atomic E-state index is 12.4. The van der Waals surface area contributed by atoms with Crippen LogP contribution in [-0.2, 0) is 10.2 Å². The van der Waals surface area contributed by atoms with Crippen molar-refractivity contribution in [3.8, 4) is 0 Å². The van der Waals surface area contributed by atoms with Gasteiger partial charge in [-0.15, -0.1) is 0 Å². The fourth-order valence-corrected chi connectivity index (χ4v) is 2.68. The number of hydrogen-bond donors (Lipinski definition) is 1. The summed E-state index contributed by atoms with van der Waals surface area (Å²) in [5.74, 6) is -0.0738. The van der Waals surface area contributed by atoms with Crippen LogP contribution in [-0.4, -0.2) is 19.1 Å². The number of carbonyl (C=O) groups excluding carboxylic acids is 1. The predicted octanol–water partition coefficient (Wildman–Crippen LogP) is 3.84. The molecule has 0 aromatic heterocycles. The molecule has 0 radical (unpaired) electrons. The zero-order valence-corrected chi connectivity index (χ0v) is 13.3. The maximum absolute atomic E-state index is 12.4. The van der Waals surface area contributed by atoms with E-state index >= 15 is 0 Å². The third-order valence-corrected chi connectivity index (χ3v) is 4.54. The Morgan fingerprint density at radius 2 is 1.77 bits per heavy atom. The molecule has 0 saturated carbocycles. The number of nitrogens with one attached hydrogen (secondary N) is 1. The Morgan fingerprint density at radius 3 is 2.36 bits per heavy atom. The van der Waals surface area contributed by atoms with Gasteiger partial charge in [-0.2, -0.15) is 0 Å². The Bertz CT molecular complexity index is 700. The van der Waals surface area contributed by atoms with Gasteiger partial charge in [-0.25, -0.2) is 0 Å². The highest BCUT2D eigenvalue weighted by Gasteiger charge is 2.35. The van der Waals surface area contributed by atoms with Crippen LogP contribution >= 0.6 is 0 Å². The Hall–Kier alpha value is -2.13. The first-order valence-electron chi connectivity index (χ1n) is 7.55. The molecule has 1 aliphatic heterocycles. The zero-order valence-electron chi connectivity index (χ0n) is 13.3. The lowest BCUT2D eigenvalue weighted by atomic mass is 9.80. The molecule has 0 aliphatic carbocycles. The van der Waals surface area contributed by atoms with Crippen LogP contribution in [0.1, 0.15) is 34.0 Å². The molecule has 1 saturated heterocycles. The second-order valence-corrected chi connectivity index (χ2v) is 6.33. The molecule has 1 fully saturated rings. The van der Waals surface area contributed by atoms with Gasteiger partial charge in [-0.05, 0) is 48.7 Å². The van der Waals surface area contributed by atoms with E-state index in [1.54, 1.807) is 0 Å². The van der Waals surface area contributed by atoms with E-state index < -0.39 is 0 Å². The summed E-state index contributed by atoms with van der Waals surface area (Å²) in [6.07, 6.45) is 0. The molecule has 2 aromatic carbocycles. The van der Waals surface area contributed by atoms with Gasteiger partial charge in [0.25, 0.3) is 5.91 Å². The second-order valence-electron chi connectivity index (χ2n) is 6.33. The molecule has 3 nitrogen and oxygen atoms in total. The molecule has 2 aromatic rings. The SMILES string of the molecule is Cc1cccc(NC(=O)c2ccc(C3(C)COC3)cc2)c1C. The molecule has 0 spiro atoms. The number of rotatable bonds is 3. The van der Waals surface area contributed by atoms with Crippen molar-refractivity contribution in [1.29, 1.82) is 0 Å². The standard InChI is InChI=1S/C19H21NO2/c1-13-5-4-6-17(14(13)2)20-18(21)15-7-9-16(10-8-15)19(3)11-22-12-19/h4-10H,11-12H2,1-3H3,(H,20,21). The summed E-state index contributed by atoms with van der Waals surface area (Å²) in [7, 11) is 0. The summed E-state index contributed by atoms with van der Waals surface area (Å²) in [5, 5.41) is 2.99. The van der Waals surface area contributed by atoms with Gasteiger partial charge in [0.2, 0.25) is 0 Å². The number of benzene rings is 2. The minimum Gasteiger partial charge on any atom is -0.379 e. The lowest BCUT2D eigenvalue weighted by Gasteiger charge is -2.38. The molecule has 114 valence electrons. The summed E-state index contributed by atoms with van der Waals surface area (Å²) in [4.78, 5) is 12.4. The number of anilines is 1. The average molecular weight is 295 g/mol. The largest absolute Gasteiger partial charge is 0.379 e. The molecular formula is C19H21NO2. The topological polar surface area (TPSA) is 38.3 Å². The van der Waals surface area contributed by atoms with Crippen LogP contribution < -0.4 is 5.32 Å². The third kappa shape index (κ3) is 2.64. The summed E-state index contributed by atoms with van der Waals surface area (Å²) < 4.78 is 5.29. The van der Waals surface area contributed by atoms with E-state index in [9.17, 15) is 4.79 Å². The van der Waals surface area contributed by atoms with Gasteiger partial charge in [-0.1, -0.05) is 31.2 Å². The van der Waals surface area contributed by atoms with Crippen molar-refractivity contribution in [2.45, 2.75) is 26.2 Å². The second kappa shape index (κ2) is 5.58. The van der Waals surface area contributed by atoms with Crippen molar-refractivity contribution in [3.05, 3.63) is 64.7 Å². The van der Waals surface area contributed by atoms with Crippen LogP contribution in [0.5, 0.6) is 0 Å². The van der Waals surface area contributed by atoms with Crippen LogP contribution in [0.15, 0.2) is 42.5 Å². The number of hydrogen-bond acceptors (Lipinski definition) is 2. The fraction of sp³-hybridized carbons (Fsp3) is 0.316. The summed E-state index contributed by atoms with van der Waals surface area (Å²) in [5.41, 5.74) is 5.14. The third-order valence-electron chi connectivity index (χ3n) is 4.54. The highest BCUT2D eigenvalue weighted by molar-refractivity contribution is 6.04. The van der Waals surface area contributed by atoms with Gasteiger partial charge < -0.3 is 10.1 Å². The average Bonchev–Trinajstić information content (AvgIpc) is 2.49. The van der Waals surface area contributed by atoms with Crippen molar-refractivity contribution in [3.63, 3.8) is 0 Å². The van der Waals surface area contributed by atoms with E-state index in [1.807, 2.05) is 56.3 Å². The first-order valence-corrected chi connectivity index (χ1v) is 7.55. The van der Waals surface area contributed by atoms with E-state index in [1.165, 1.54) is 11.1 Å². The molecule has 3 heteroatoms. The number of amides is 1. The first-order chi connectivity index (χ1) is 10.5. The summed E-state index contributed by atoms with van der Waals surface area (Å²) in [6, 6.07) is 13.8. The van der Waals surface area contributed by atoms with Crippen LogP contribution in [0.25, 0.3) is 0 Å². The van der Waals surface area contributed by atoms with Gasteiger partial charge >= 0.3 is 0 Å². The summed E-state index contributed by atoms with van der Waals surface area (Å²) >= 11 is 0. The maximum Gasteiger partial charge on any atom is 0.255 e. The number of ether oxygens (including phenoxy) is 1. The van der Waals surface area contributed by atoms with Crippen molar-refractivity contribution in [1.82, 2.24) is 0 Å². The Morgan fingerprint density at radius 1 is 1.09 bits per heavy atom. The van der Waals surface area contributed by atoms with Crippen molar-refractivity contribution < 1.29 is 9.53 Å². The van der Waals surface area contributed by atoms with E-state index in [0.29, 0.717) is 5.56 Å². The minimum atomic E-state index is -0.0738. The molecule has 0 bridgehead atoms. The van der Waals surface area contributed by atoms with Crippen LogP contribution in [0.2, 0.25) is 0 Å². The van der Waals surface area contributed by atoms with E-state index in [-0.39, 0.29) is 11.3 Å². The summed E-state index contributed by atoms with van der Waals surface area (Å²) in [6.45, 7) is 7.75. The van der Waals surface area contributed by atoms with Gasteiger partial charge in [-0.3, -0.25) is 4.79 Å². The number of carbonyl (C=O) groups is 1. The molecule has 1 amide bonds. The van der Waals surface area contributed by atoms with Crippen LogP contribution in [0, 0.1) is 13.8 Å². The predicted molar refractivity (Wildman–Crippen MR) is 88.5 cm³/mol. The van der Waals surface area contributed by atoms with Crippen molar-refractivity contribution in [2.24, 2.45) is 0 Å². The number of aryl methyl sites for hydroxylation is 1. The quantitative estimate of drug-likeness (QED) is 0.934. The molecule has 1 N–H and O–H groups in total. The molecule has 3 rings (SSSR count). The van der Waals surface area contributed by atoms with Crippen molar-refractivity contribution >= 4 is 11.6 Å². The van der Waals surface area contributed by atoms with E-state index in [0.717, 1.165) is 24.5 Å². The Labute approximate surface area is 131 Å². The van der Waals surface area contributed by atoms with E-state index in [2.05, 4.69) is 12.2 Å². The molecule has 1 heterocycles. The molecule has 0 atom stereocenters. The van der Waals surface area contributed by atoms with Gasteiger partial charge in [0, 0.05) is 16.7 Å². The minimum absolute atomic E-state index is 0.0738. The lowest BCUT2D eigenvalue weighted by Crippen LogP contribution is -2.43. The molecule has 22 heavy (non-hydrogen) atoms. The molecular weight excluding hydrogens is 274 g/mol. The fourth-order valence-electron chi connectivity index (χ4n) is 2.68. The van der Waals surface area contributed by atoms with E-state index in [4.69, 9.17) is 4.74 Å². The van der Waals surface area contributed by atoms with Gasteiger partial charge in [0.15, 0.2) is 0 Å². The Balaban J connectivity index is 1.76. The highest BCUT2D eigenvalue weighted by Crippen LogP contribution is 2.31. The monoisotopic (exact) mass is 295 g/mol. The zero-order chi connectivity index (χ0) is 15.7. The normalized spacial score (nSPS) is 16.0. The molecule has 0 unspecified atom stereocenters. The highest BCUT2D eigenvalue weighted by atomic mass is 16.5. The molecule has 1 aliphatic rings.